The highest BCUT2D eigenvalue weighted by Crippen LogP contribution is 2.30. The number of halogens is 2. The number of sulfonamides is 1. The van der Waals surface area contributed by atoms with Crippen molar-refractivity contribution < 1.29 is 13.2 Å². The van der Waals surface area contributed by atoms with Crippen molar-refractivity contribution in [3.8, 4) is 5.75 Å². The molecule has 2 aromatic rings. The highest BCUT2D eigenvalue weighted by Gasteiger charge is 2.23. The van der Waals surface area contributed by atoms with Crippen LogP contribution in [0, 0.1) is 0 Å². The molecule has 0 saturated heterocycles. The Hall–Kier alpha value is -1.25. The topological polar surface area (TPSA) is 73.2 Å². The van der Waals surface area contributed by atoms with Crippen molar-refractivity contribution in [1.82, 2.24) is 9.78 Å². The summed E-state index contributed by atoms with van der Waals surface area (Å²) in [6.45, 7) is 0. The summed E-state index contributed by atoms with van der Waals surface area (Å²) in [6, 6.07) is 4.95. The Bertz CT molecular complexity index is 726. The number of rotatable bonds is 4. The van der Waals surface area contributed by atoms with Crippen LogP contribution in [0.25, 0.3) is 0 Å². The van der Waals surface area contributed by atoms with Gasteiger partial charge in [0.2, 0.25) is 0 Å². The van der Waals surface area contributed by atoms with Gasteiger partial charge in [0.25, 0.3) is 10.0 Å². The maximum atomic E-state index is 12.3. The fourth-order valence-electron chi connectivity index (χ4n) is 1.60. The minimum atomic E-state index is -3.85. The lowest BCUT2D eigenvalue weighted by Crippen LogP contribution is -2.17. The third-order valence-corrected chi connectivity index (χ3v) is 5.08. The van der Waals surface area contributed by atoms with Gasteiger partial charge in [-0.25, -0.2) is 0 Å². The van der Waals surface area contributed by atoms with Crippen molar-refractivity contribution in [3.05, 3.63) is 33.9 Å². The SMILES string of the molecule is COc1ccc(Br)c(NS(=O)(=O)c2c(Cl)cnn2C)c1. The molecule has 0 spiro atoms. The summed E-state index contributed by atoms with van der Waals surface area (Å²) in [5, 5.41) is 3.76. The fourth-order valence-corrected chi connectivity index (χ4v) is 3.81. The number of methoxy groups -OCH3 is 1. The van der Waals surface area contributed by atoms with Crippen LogP contribution in [0.5, 0.6) is 5.75 Å². The van der Waals surface area contributed by atoms with E-state index in [2.05, 4.69) is 25.8 Å². The maximum absolute atomic E-state index is 12.3. The van der Waals surface area contributed by atoms with Crippen molar-refractivity contribution in [1.29, 1.82) is 0 Å². The zero-order chi connectivity index (χ0) is 14.9. The largest absolute Gasteiger partial charge is 0.497 e. The number of aromatic nitrogens is 2. The highest BCUT2D eigenvalue weighted by atomic mass is 79.9. The van der Waals surface area contributed by atoms with E-state index in [4.69, 9.17) is 16.3 Å². The van der Waals surface area contributed by atoms with Gasteiger partial charge < -0.3 is 4.74 Å². The lowest BCUT2D eigenvalue weighted by atomic mass is 10.3. The molecule has 0 fully saturated rings. The van der Waals surface area contributed by atoms with E-state index in [1.54, 1.807) is 18.2 Å². The molecule has 0 radical (unpaired) electrons. The van der Waals surface area contributed by atoms with Crippen LogP contribution in [0.3, 0.4) is 0 Å². The monoisotopic (exact) mass is 379 g/mol. The molecule has 6 nitrogen and oxygen atoms in total. The predicted molar refractivity (Wildman–Crippen MR) is 79.7 cm³/mol. The van der Waals surface area contributed by atoms with Crippen molar-refractivity contribution in [2.75, 3.05) is 11.8 Å². The minimum absolute atomic E-state index is 0.0546. The van der Waals surface area contributed by atoms with E-state index in [1.807, 2.05) is 0 Å². The van der Waals surface area contributed by atoms with Crippen LogP contribution in [-0.4, -0.2) is 25.3 Å². The highest BCUT2D eigenvalue weighted by molar-refractivity contribution is 9.10. The van der Waals surface area contributed by atoms with Crippen LogP contribution in [0.1, 0.15) is 0 Å². The molecule has 1 N–H and O–H groups in total. The lowest BCUT2D eigenvalue weighted by molar-refractivity contribution is 0.415. The van der Waals surface area contributed by atoms with E-state index in [-0.39, 0.29) is 10.0 Å². The van der Waals surface area contributed by atoms with Gasteiger partial charge in [0.05, 0.1) is 24.0 Å². The first-order valence-electron chi connectivity index (χ1n) is 5.39. The van der Waals surface area contributed by atoms with Crippen LogP contribution in [0.4, 0.5) is 5.69 Å². The molecule has 0 aliphatic carbocycles. The molecule has 1 heterocycles. The van der Waals surface area contributed by atoms with Crippen LogP contribution in [-0.2, 0) is 17.1 Å². The molecule has 9 heteroatoms. The zero-order valence-corrected chi connectivity index (χ0v) is 13.8. The van der Waals surface area contributed by atoms with Crippen LogP contribution < -0.4 is 9.46 Å². The first-order chi connectivity index (χ1) is 9.35. The van der Waals surface area contributed by atoms with E-state index >= 15 is 0 Å². The second-order valence-electron chi connectivity index (χ2n) is 3.87. The number of hydrogen-bond donors (Lipinski definition) is 1. The van der Waals surface area contributed by atoms with Crippen LogP contribution in [0.15, 0.2) is 33.9 Å². The molecule has 0 saturated carbocycles. The molecule has 2 rings (SSSR count). The van der Waals surface area contributed by atoms with Crippen molar-refractivity contribution >= 4 is 43.2 Å². The average molecular weight is 381 g/mol. The number of benzene rings is 1. The minimum Gasteiger partial charge on any atom is -0.497 e. The second-order valence-corrected chi connectivity index (χ2v) is 6.73. The van der Waals surface area contributed by atoms with E-state index in [9.17, 15) is 8.42 Å². The number of ether oxygens (including phenoxy) is 1. The second kappa shape index (κ2) is 5.63. The average Bonchev–Trinajstić information content (AvgIpc) is 2.72. The van der Waals surface area contributed by atoms with E-state index in [1.165, 1.54) is 25.0 Å². The van der Waals surface area contributed by atoms with Gasteiger partial charge in [0.1, 0.15) is 5.75 Å². The number of nitrogens with one attached hydrogen (secondary N) is 1. The van der Waals surface area contributed by atoms with Gasteiger partial charge in [0, 0.05) is 17.6 Å². The summed E-state index contributed by atoms with van der Waals surface area (Å²) in [6.07, 6.45) is 1.27. The van der Waals surface area contributed by atoms with Gasteiger partial charge >= 0.3 is 0 Å². The Morgan fingerprint density at radius 1 is 1.45 bits per heavy atom. The summed E-state index contributed by atoms with van der Waals surface area (Å²) in [5.41, 5.74) is 0.349. The number of aryl methyl sites for hydroxylation is 1. The van der Waals surface area contributed by atoms with Crippen molar-refractivity contribution in [3.63, 3.8) is 0 Å². The maximum Gasteiger partial charge on any atom is 0.280 e. The summed E-state index contributed by atoms with van der Waals surface area (Å²) >= 11 is 9.13. The Morgan fingerprint density at radius 2 is 2.15 bits per heavy atom. The van der Waals surface area contributed by atoms with Gasteiger partial charge in [-0.3, -0.25) is 9.40 Å². The predicted octanol–water partition coefficient (Wildman–Crippen LogP) is 2.65. The molecule has 1 aromatic carbocycles. The lowest BCUT2D eigenvalue weighted by Gasteiger charge is -2.11. The molecule has 0 aliphatic heterocycles. The van der Waals surface area contributed by atoms with Crippen molar-refractivity contribution in [2.45, 2.75) is 5.03 Å². The van der Waals surface area contributed by atoms with E-state index < -0.39 is 10.0 Å². The summed E-state index contributed by atoms with van der Waals surface area (Å²) in [4.78, 5) is 0. The normalized spacial score (nSPS) is 11.4. The molecule has 0 atom stereocenters. The van der Waals surface area contributed by atoms with E-state index in [0.29, 0.717) is 15.9 Å². The van der Waals surface area contributed by atoms with Gasteiger partial charge in [-0.05, 0) is 28.1 Å². The molecular weight excluding hydrogens is 370 g/mol. The molecule has 0 aliphatic rings. The zero-order valence-electron chi connectivity index (χ0n) is 10.6. The molecule has 0 unspecified atom stereocenters. The van der Waals surface area contributed by atoms with E-state index in [0.717, 1.165) is 0 Å². The Morgan fingerprint density at radius 3 is 2.70 bits per heavy atom. The van der Waals surface area contributed by atoms with Gasteiger partial charge in [-0.1, -0.05) is 11.6 Å². The summed E-state index contributed by atoms with van der Waals surface area (Å²) < 4.78 is 34.0. The van der Waals surface area contributed by atoms with Crippen LogP contribution in [0.2, 0.25) is 5.02 Å². The molecule has 0 bridgehead atoms. The van der Waals surface area contributed by atoms with Crippen molar-refractivity contribution in [2.24, 2.45) is 7.05 Å². The first kappa shape index (κ1) is 15.1. The number of anilines is 1. The standard InChI is InChI=1S/C11H11BrClN3O3S/c1-16-11(9(13)6-14-16)20(17,18)15-10-5-7(19-2)3-4-8(10)12/h3-6,15H,1-2H3. The van der Waals surface area contributed by atoms with Gasteiger partial charge in [-0.2, -0.15) is 13.5 Å². The van der Waals surface area contributed by atoms with Gasteiger partial charge in [-0.15, -0.1) is 0 Å². The third kappa shape index (κ3) is 2.92. The molecule has 108 valence electrons. The van der Waals surface area contributed by atoms with Crippen LogP contribution >= 0.6 is 27.5 Å². The molecule has 0 amide bonds. The molecule has 20 heavy (non-hydrogen) atoms. The number of hydrogen-bond acceptors (Lipinski definition) is 4. The number of nitrogens with zero attached hydrogens (tertiary/aromatic N) is 2. The fraction of sp³-hybridized carbons (Fsp3) is 0.182. The quantitative estimate of drug-likeness (QED) is 0.885. The summed E-state index contributed by atoms with van der Waals surface area (Å²) in [5.74, 6) is 0.530. The third-order valence-electron chi connectivity index (χ3n) is 2.51. The Labute approximate surface area is 129 Å². The summed E-state index contributed by atoms with van der Waals surface area (Å²) in [7, 11) is -0.845. The Kier molecular flexibility index (Phi) is 4.26. The smallest absolute Gasteiger partial charge is 0.280 e. The first-order valence-corrected chi connectivity index (χ1v) is 8.04. The molecular formula is C11H11BrClN3O3S. The Balaban J connectivity index is 2.43. The molecule has 1 aromatic heterocycles. The van der Waals surface area contributed by atoms with Gasteiger partial charge in [0.15, 0.2) is 5.03 Å².